The molecule has 1 aliphatic heterocycles. The summed E-state index contributed by atoms with van der Waals surface area (Å²) in [4.78, 5) is 38.4. The number of rotatable bonds is 12. The summed E-state index contributed by atoms with van der Waals surface area (Å²) in [5.74, 6) is -0.0360. The van der Waals surface area contributed by atoms with Crippen LogP contribution in [0.15, 0.2) is 46.1 Å². The number of para-hydroxylation sites is 1. The summed E-state index contributed by atoms with van der Waals surface area (Å²) in [6.45, 7) is 5.24. The molecule has 1 saturated heterocycles. The molecule has 2 heterocycles. The molecule has 1 unspecified atom stereocenters. The third kappa shape index (κ3) is 7.62. The lowest BCUT2D eigenvalue weighted by Gasteiger charge is -2.25. The zero-order valence-corrected chi connectivity index (χ0v) is 21.6. The number of benzene rings is 1. The first-order valence-corrected chi connectivity index (χ1v) is 13.1. The SMILES string of the molecule is COC(=O)[C@H](CCC(C)C)NP(=O)(OC[C@@H]1OC[C@H](n2cc(C)c(=O)[nH]c2=O)O1)Oc1ccccc1. The Balaban J connectivity index is 1.73. The number of carbonyl (C=O) groups excluding carboxylic acids is 1. The summed E-state index contributed by atoms with van der Waals surface area (Å²) >= 11 is 0. The van der Waals surface area contributed by atoms with Crippen molar-refractivity contribution in [3.8, 4) is 5.75 Å². The molecule has 0 radical (unpaired) electrons. The van der Waals surface area contributed by atoms with Gasteiger partial charge < -0.3 is 18.7 Å². The molecule has 0 amide bonds. The van der Waals surface area contributed by atoms with E-state index in [1.54, 1.807) is 37.3 Å². The van der Waals surface area contributed by atoms with Gasteiger partial charge in [0.15, 0.2) is 12.5 Å². The molecule has 13 heteroatoms. The van der Waals surface area contributed by atoms with E-state index in [1.165, 1.54) is 17.9 Å². The first-order valence-electron chi connectivity index (χ1n) is 11.5. The Bertz CT molecular complexity index is 1180. The fraction of sp³-hybridized carbons (Fsp3) is 0.522. The fourth-order valence-corrected chi connectivity index (χ4v) is 4.93. The van der Waals surface area contributed by atoms with Gasteiger partial charge in [0.1, 0.15) is 18.4 Å². The van der Waals surface area contributed by atoms with Crippen LogP contribution in [-0.4, -0.2) is 48.2 Å². The van der Waals surface area contributed by atoms with E-state index in [1.807, 2.05) is 13.8 Å². The molecule has 0 saturated carbocycles. The number of hydrogen-bond donors (Lipinski definition) is 2. The number of aromatic nitrogens is 2. The Morgan fingerprint density at radius 3 is 2.64 bits per heavy atom. The number of hydrogen-bond acceptors (Lipinski definition) is 9. The van der Waals surface area contributed by atoms with E-state index >= 15 is 0 Å². The van der Waals surface area contributed by atoms with Crippen LogP contribution >= 0.6 is 7.75 Å². The second kappa shape index (κ2) is 12.5. The molecule has 0 spiro atoms. The summed E-state index contributed by atoms with van der Waals surface area (Å²) in [6, 6.07) is 7.44. The van der Waals surface area contributed by atoms with Crippen molar-refractivity contribution in [1.82, 2.24) is 14.6 Å². The van der Waals surface area contributed by atoms with E-state index in [-0.39, 0.29) is 19.0 Å². The van der Waals surface area contributed by atoms with Crippen molar-refractivity contribution >= 4 is 13.7 Å². The average molecular weight is 525 g/mol. The van der Waals surface area contributed by atoms with E-state index in [2.05, 4.69) is 10.1 Å². The van der Waals surface area contributed by atoms with E-state index < -0.39 is 43.5 Å². The summed E-state index contributed by atoms with van der Waals surface area (Å²) < 4.78 is 42.4. The molecule has 0 bridgehead atoms. The maximum absolute atomic E-state index is 13.7. The number of H-pyrrole nitrogens is 1. The molecule has 1 aliphatic rings. The summed E-state index contributed by atoms with van der Waals surface area (Å²) in [6.07, 6.45) is 0.581. The third-order valence-electron chi connectivity index (χ3n) is 5.37. The molecule has 0 aliphatic carbocycles. The molecule has 4 atom stereocenters. The van der Waals surface area contributed by atoms with Crippen LogP contribution in [0.4, 0.5) is 0 Å². The number of ether oxygens (including phenoxy) is 3. The predicted molar refractivity (Wildman–Crippen MR) is 130 cm³/mol. The Morgan fingerprint density at radius 1 is 1.25 bits per heavy atom. The molecule has 3 rings (SSSR count). The quantitative estimate of drug-likeness (QED) is 0.313. The Hall–Kier alpha value is -2.76. The zero-order chi connectivity index (χ0) is 26.3. The third-order valence-corrected chi connectivity index (χ3v) is 6.94. The van der Waals surface area contributed by atoms with Gasteiger partial charge in [-0.05, 0) is 37.8 Å². The van der Waals surface area contributed by atoms with Gasteiger partial charge >= 0.3 is 19.4 Å². The van der Waals surface area contributed by atoms with Gasteiger partial charge in [-0.25, -0.2) is 9.36 Å². The highest BCUT2D eigenvalue weighted by molar-refractivity contribution is 7.52. The molecule has 1 aromatic heterocycles. The molecule has 2 N–H and O–H groups in total. The lowest BCUT2D eigenvalue weighted by Crippen LogP contribution is -2.38. The zero-order valence-electron chi connectivity index (χ0n) is 20.7. The topological polar surface area (TPSA) is 147 Å². The summed E-state index contributed by atoms with van der Waals surface area (Å²) in [5.41, 5.74) is -0.803. The van der Waals surface area contributed by atoms with E-state index in [9.17, 15) is 18.9 Å². The van der Waals surface area contributed by atoms with Gasteiger partial charge in [-0.3, -0.25) is 23.7 Å². The van der Waals surface area contributed by atoms with E-state index in [4.69, 9.17) is 23.3 Å². The second-order valence-electron chi connectivity index (χ2n) is 8.71. The van der Waals surface area contributed by atoms with Crippen LogP contribution in [0, 0.1) is 12.8 Å². The van der Waals surface area contributed by atoms with Crippen molar-refractivity contribution in [3.63, 3.8) is 0 Å². The van der Waals surface area contributed by atoms with E-state index in [0.717, 1.165) is 0 Å². The Morgan fingerprint density at radius 2 is 1.97 bits per heavy atom. The highest BCUT2D eigenvalue weighted by atomic mass is 31.2. The number of aryl methyl sites for hydroxylation is 1. The van der Waals surface area contributed by atoms with Crippen molar-refractivity contribution in [1.29, 1.82) is 0 Å². The number of esters is 1. The minimum atomic E-state index is -4.12. The van der Waals surface area contributed by atoms with Crippen molar-refractivity contribution in [2.24, 2.45) is 5.92 Å². The maximum Gasteiger partial charge on any atom is 0.459 e. The fourth-order valence-electron chi connectivity index (χ4n) is 3.41. The van der Waals surface area contributed by atoms with Crippen LogP contribution in [0.25, 0.3) is 0 Å². The monoisotopic (exact) mass is 525 g/mol. The first kappa shape index (κ1) is 27.8. The van der Waals surface area contributed by atoms with Crippen molar-refractivity contribution in [2.45, 2.75) is 52.2 Å². The lowest BCUT2D eigenvalue weighted by molar-refractivity contribution is -0.143. The van der Waals surface area contributed by atoms with Crippen LogP contribution < -0.4 is 20.9 Å². The lowest BCUT2D eigenvalue weighted by atomic mass is 10.0. The van der Waals surface area contributed by atoms with Gasteiger partial charge in [-0.1, -0.05) is 32.0 Å². The smallest absolute Gasteiger partial charge is 0.459 e. The van der Waals surface area contributed by atoms with Crippen molar-refractivity contribution in [3.05, 3.63) is 62.9 Å². The molecule has 2 aromatic rings. The predicted octanol–water partition coefficient (Wildman–Crippen LogP) is 2.49. The van der Waals surface area contributed by atoms with Gasteiger partial charge in [0.05, 0.1) is 13.7 Å². The van der Waals surface area contributed by atoms with Crippen LogP contribution in [0.3, 0.4) is 0 Å². The second-order valence-corrected chi connectivity index (χ2v) is 10.4. The highest BCUT2D eigenvalue weighted by Crippen LogP contribution is 2.46. The number of nitrogens with zero attached hydrogens (tertiary/aromatic N) is 1. The van der Waals surface area contributed by atoms with Crippen molar-refractivity contribution in [2.75, 3.05) is 20.3 Å². The van der Waals surface area contributed by atoms with Gasteiger partial charge in [0, 0.05) is 11.8 Å². The maximum atomic E-state index is 13.7. The Labute approximate surface area is 208 Å². The number of nitrogens with one attached hydrogen (secondary N) is 2. The largest absolute Gasteiger partial charge is 0.468 e. The summed E-state index contributed by atoms with van der Waals surface area (Å²) in [7, 11) is -2.87. The van der Waals surface area contributed by atoms with Crippen LogP contribution in [0.5, 0.6) is 5.75 Å². The van der Waals surface area contributed by atoms with Crippen LogP contribution in [0.1, 0.15) is 38.5 Å². The Kier molecular flexibility index (Phi) is 9.63. The van der Waals surface area contributed by atoms with Crippen molar-refractivity contribution < 1.29 is 32.6 Å². The average Bonchev–Trinajstić information content (AvgIpc) is 3.32. The number of aromatic amines is 1. The molecule has 36 heavy (non-hydrogen) atoms. The molecule has 1 aromatic carbocycles. The molecule has 12 nitrogen and oxygen atoms in total. The van der Waals surface area contributed by atoms with Gasteiger partial charge in [-0.2, -0.15) is 5.09 Å². The van der Waals surface area contributed by atoms with Gasteiger partial charge in [0.25, 0.3) is 5.56 Å². The number of carbonyl (C=O) groups is 1. The normalized spacial score (nSPS) is 20.1. The molecular formula is C23H32N3O9P. The molecule has 1 fully saturated rings. The van der Waals surface area contributed by atoms with Crippen LogP contribution in [-0.2, 0) is 28.1 Å². The minimum absolute atomic E-state index is 0.00410. The van der Waals surface area contributed by atoms with Gasteiger partial charge in [-0.15, -0.1) is 0 Å². The van der Waals surface area contributed by atoms with E-state index in [0.29, 0.717) is 24.3 Å². The van der Waals surface area contributed by atoms with Crippen LogP contribution in [0.2, 0.25) is 0 Å². The summed E-state index contributed by atoms with van der Waals surface area (Å²) in [5, 5.41) is 2.71. The molecule has 198 valence electrons. The minimum Gasteiger partial charge on any atom is -0.468 e. The van der Waals surface area contributed by atoms with Gasteiger partial charge in [0.2, 0.25) is 0 Å². The standard InChI is InChI=1S/C23H32N3O9P/c1-15(2)10-11-18(22(28)31-4)25-36(30,35-17-8-6-5-7-9-17)33-14-20-32-13-19(34-20)26-12-16(3)21(27)24-23(26)29/h5-9,12,15,18-20H,10-11,13-14H2,1-4H3,(H,25,30)(H,24,27,29)/t18-,19+,20+,36?/m0/s1. The first-order chi connectivity index (χ1) is 17.1. The number of methoxy groups -OCH3 is 1. The molecular weight excluding hydrogens is 493 g/mol. The highest BCUT2D eigenvalue weighted by Gasteiger charge is 2.37.